The van der Waals surface area contributed by atoms with Gasteiger partial charge in [0.1, 0.15) is 11.6 Å². The molecule has 0 amide bonds. The van der Waals surface area contributed by atoms with Crippen LogP contribution in [-0.2, 0) is 6.42 Å². The molecule has 0 aliphatic carbocycles. The highest BCUT2D eigenvalue weighted by molar-refractivity contribution is 5.84. The maximum absolute atomic E-state index is 14.5. The molecule has 0 N–H and O–H groups in total. The lowest BCUT2D eigenvalue weighted by Crippen LogP contribution is -1.92. The molecule has 0 fully saturated rings. The molecule has 0 bridgehead atoms. The van der Waals surface area contributed by atoms with Crippen molar-refractivity contribution in [2.45, 2.75) is 12.8 Å². The average Bonchev–Trinajstić information content (AvgIpc) is 2.85. The number of allylic oxidation sites excluding steroid dienone is 1. The summed E-state index contributed by atoms with van der Waals surface area (Å²) in [6.45, 7) is 3.65. The molecule has 0 aromatic heterocycles. The molecule has 0 nitrogen and oxygen atoms in total. The van der Waals surface area contributed by atoms with Gasteiger partial charge in [-0.05, 0) is 72.3 Å². The lowest BCUT2D eigenvalue weighted by molar-refractivity contribution is 0.453. The van der Waals surface area contributed by atoms with Gasteiger partial charge >= 0.3 is 0 Å². The fourth-order valence-electron chi connectivity index (χ4n) is 3.44. The van der Waals surface area contributed by atoms with Crippen LogP contribution in [0.3, 0.4) is 0 Å². The molecular weight excluding hydrogens is 455 g/mol. The monoisotopic (exact) mass is 472 g/mol. The Kier molecular flexibility index (Phi) is 6.99. The summed E-state index contributed by atoms with van der Waals surface area (Å²) in [5, 5.41) is 0.0617. The Labute approximate surface area is 199 Å². The first-order chi connectivity index (χ1) is 16.9. The van der Waals surface area contributed by atoms with Gasteiger partial charge < -0.3 is 0 Å². The molecule has 4 aromatic rings. The molecule has 0 saturated carbocycles. The number of benzene rings is 4. The lowest BCUT2D eigenvalue weighted by atomic mass is 10.1. The maximum atomic E-state index is 14.5. The van der Waals surface area contributed by atoms with Crippen LogP contribution in [-0.4, -0.2) is 0 Å². The van der Waals surface area contributed by atoms with Crippen molar-refractivity contribution in [3.8, 4) is 23.7 Å². The zero-order chi connectivity index (χ0) is 24.9. The second-order valence-electron chi connectivity index (χ2n) is 7.76. The van der Waals surface area contributed by atoms with E-state index in [0.29, 0.717) is 17.5 Å². The van der Waals surface area contributed by atoms with E-state index in [1.807, 2.05) is 0 Å². The number of hydrogen-bond acceptors (Lipinski definition) is 0. The number of fused-ring (bicyclic) bond motifs is 1. The summed E-state index contributed by atoms with van der Waals surface area (Å²) in [6, 6.07) is 14.0. The standard InChI is InChI=1S/C30H17F5/c1-2-3-4-19-5-10-22(26(31)16-19)12-7-21-8-13-23(27(32)17-21)11-6-20-9-14-25-24(15-20)18-28(33)30(35)29(25)34/h2,5,8-10,13-18H,1,3-4H2. The van der Waals surface area contributed by atoms with Crippen LogP contribution in [0.15, 0.2) is 73.3 Å². The van der Waals surface area contributed by atoms with E-state index in [1.54, 1.807) is 24.3 Å². The fraction of sp³-hybridized carbons (Fsp3) is 0.0667. The van der Waals surface area contributed by atoms with Crippen LogP contribution in [0.25, 0.3) is 10.8 Å². The zero-order valence-electron chi connectivity index (χ0n) is 18.4. The number of hydrogen-bond donors (Lipinski definition) is 0. The van der Waals surface area contributed by atoms with Crippen LogP contribution in [0.4, 0.5) is 22.0 Å². The molecule has 4 aromatic carbocycles. The fourth-order valence-corrected chi connectivity index (χ4v) is 3.44. The van der Waals surface area contributed by atoms with Crippen molar-refractivity contribution >= 4 is 10.8 Å². The Morgan fingerprint density at radius 3 is 1.91 bits per heavy atom. The van der Waals surface area contributed by atoms with E-state index in [-0.39, 0.29) is 21.9 Å². The van der Waals surface area contributed by atoms with Gasteiger partial charge in [0.05, 0.1) is 11.1 Å². The quantitative estimate of drug-likeness (QED) is 0.126. The van der Waals surface area contributed by atoms with Crippen molar-refractivity contribution in [3.05, 3.63) is 130 Å². The summed E-state index contributed by atoms with van der Waals surface area (Å²) < 4.78 is 69.5. The van der Waals surface area contributed by atoms with Crippen molar-refractivity contribution in [1.82, 2.24) is 0 Å². The first-order valence-electron chi connectivity index (χ1n) is 10.7. The van der Waals surface area contributed by atoms with Gasteiger partial charge in [0.2, 0.25) is 0 Å². The van der Waals surface area contributed by atoms with Crippen LogP contribution in [0, 0.1) is 52.8 Å². The SMILES string of the molecule is C=CCCc1ccc(C#Cc2ccc(C#Cc3ccc4c(F)c(F)c(F)cc4c3)c(F)c2)c(F)c1. The minimum Gasteiger partial charge on any atom is -0.206 e. The van der Waals surface area contributed by atoms with Gasteiger partial charge in [-0.25, -0.2) is 22.0 Å². The van der Waals surface area contributed by atoms with Gasteiger partial charge in [-0.3, -0.25) is 0 Å². The minimum absolute atomic E-state index is 0.0774. The summed E-state index contributed by atoms with van der Waals surface area (Å²) in [4.78, 5) is 0. The van der Waals surface area contributed by atoms with Crippen LogP contribution in [0.1, 0.15) is 34.2 Å². The molecule has 0 heterocycles. The Morgan fingerprint density at radius 2 is 1.26 bits per heavy atom. The molecule has 0 atom stereocenters. The number of rotatable bonds is 3. The third-order valence-corrected chi connectivity index (χ3v) is 5.30. The van der Waals surface area contributed by atoms with Crippen molar-refractivity contribution in [3.63, 3.8) is 0 Å². The first-order valence-corrected chi connectivity index (χ1v) is 10.7. The Bertz CT molecular complexity index is 1580. The van der Waals surface area contributed by atoms with E-state index in [2.05, 4.69) is 30.3 Å². The Morgan fingerprint density at radius 1 is 0.629 bits per heavy atom. The molecule has 35 heavy (non-hydrogen) atoms. The van der Waals surface area contributed by atoms with E-state index in [4.69, 9.17) is 0 Å². The summed E-state index contributed by atoms with van der Waals surface area (Å²) >= 11 is 0. The van der Waals surface area contributed by atoms with E-state index >= 15 is 0 Å². The molecule has 0 aliphatic rings. The van der Waals surface area contributed by atoms with E-state index in [0.717, 1.165) is 18.1 Å². The second kappa shape index (κ2) is 10.3. The smallest absolute Gasteiger partial charge is 0.195 e. The van der Waals surface area contributed by atoms with Gasteiger partial charge in [0.15, 0.2) is 17.5 Å². The normalized spacial score (nSPS) is 10.3. The van der Waals surface area contributed by atoms with E-state index < -0.39 is 29.1 Å². The molecule has 0 unspecified atom stereocenters. The summed E-state index contributed by atoms with van der Waals surface area (Å²) in [6.07, 6.45) is 3.20. The summed E-state index contributed by atoms with van der Waals surface area (Å²) in [5.74, 6) is 5.68. The predicted molar refractivity (Wildman–Crippen MR) is 127 cm³/mol. The molecule has 0 radical (unpaired) electrons. The molecule has 0 spiro atoms. The third-order valence-electron chi connectivity index (χ3n) is 5.30. The van der Waals surface area contributed by atoms with Gasteiger partial charge in [-0.15, -0.1) is 6.58 Å². The number of halogens is 5. The highest BCUT2D eigenvalue weighted by Gasteiger charge is 2.13. The van der Waals surface area contributed by atoms with Crippen molar-refractivity contribution in [1.29, 1.82) is 0 Å². The molecule has 0 saturated heterocycles. The van der Waals surface area contributed by atoms with Crippen LogP contribution < -0.4 is 0 Å². The van der Waals surface area contributed by atoms with E-state index in [1.165, 1.54) is 36.4 Å². The van der Waals surface area contributed by atoms with Gasteiger partial charge in [0.25, 0.3) is 0 Å². The summed E-state index contributed by atoms with van der Waals surface area (Å²) in [7, 11) is 0. The molecular formula is C30H17F5. The largest absolute Gasteiger partial charge is 0.206 e. The maximum Gasteiger partial charge on any atom is 0.195 e. The molecule has 0 aliphatic heterocycles. The average molecular weight is 472 g/mol. The minimum atomic E-state index is -1.54. The van der Waals surface area contributed by atoms with Crippen molar-refractivity contribution < 1.29 is 22.0 Å². The molecule has 172 valence electrons. The van der Waals surface area contributed by atoms with Gasteiger partial charge in [-0.2, -0.15) is 0 Å². The molecule has 4 rings (SSSR count). The van der Waals surface area contributed by atoms with Crippen molar-refractivity contribution in [2.75, 3.05) is 0 Å². The predicted octanol–water partition coefficient (Wildman–Crippen LogP) is 7.45. The Balaban J connectivity index is 1.55. The van der Waals surface area contributed by atoms with Crippen LogP contribution in [0.2, 0.25) is 0 Å². The topological polar surface area (TPSA) is 0 Å². The van der Waals surface area contributed by atoms with Gasteiger partial charge in [-0.1, -0.05) is 41.9 Å². The zero-order valence-corrected chi connectivity index (χ0v) is 18.4. The van der Waals surface area contributed by atoms with Crippen molar-refractivity contribution in [2.24, 2.45) is 0 Å². The third kappa shape index (κ3) is 5.42. The number of aryl methyl sites for hydroxylation is 1. The van der Waals surface area contributed by atoms with Crippen LogP contribution >= 0.6 is 0 Å². The Hall–Kier alpha value is -4.35. The second-order valence-corrected chi connectivity index (χ2v) is 7.76. The highest BCUT2D eigenvalue weighted by atomic mass is 19.2. The van der Waals surface area contributed by atoms with Gasteiger partial charge in [0, 0.05) is 16.5 Å². The highest BCUT2D eigenvalue weighted by Crippen LogP contribution is 2.24. The molecule has 5 heteroatoms. The van der Waals surface area contributed by atoms with Crippen LogP contribution in [0.5, 0.6) is 0 Å². The first kappa shape index (κ1) is 23.8. The van der Waals surface area contributed by atoms with E-state index in [9.17, 15) is 22.0 Å². The summed E-state index contributed by atoms with van der Waals surface area (Å²) in [5.41, 5.74) is 1.86. The lowest BCUT2D eigenvalue weighted by Gasteiger charge is -2.02.